The summed E-state index contributed by atoms with van der Waals surface area (Å²) in [5, 5.41) is 36.5. The van der Waals surface area contributed by atoms with E-state index in [0.717, 1.165) is 0 Å². The maximum Gasteiger partial charge on any atom is 0.478 e. The van der Waals surface area contributed by atoms with E-state index in [-0.39, 0.29) is 12.1 Å². The van der Waals surface area contributed by atoms with E-state index in [1.165, 1.54) is 0 Å². The molecule has 0 amide bonds. The van der Waals surface area contributed by atoms with Crippen molar-refractivity contribution in [1.29, 1.82) is 0 Å². The van der Waals surface area contributed by atoms with Gasteiger partial charge in [0.1, 0.15) is 22.6 Å². The van der Waals surface area contributed by atoms with Gasteiger partial charge >= 0.3 is 42.0 Å². The Morgan fingerprint density at radius 1 is 0.571 bits per heavy atom. The smallest absolute Gasteiger partial charge is 0.478 e. The van der Waals surface area contributed by atoms with Crippen molar-refractivity contribution in [2.75, 3.05) is 0 Å². The molecular formula is C19H10F6O10. The lowest BCUT2D eigenvalue weighted by molar-refractivity contribution is -0.422. The first-order chi connectivity index (χ1) is 15.9. The molecular weight excluding hydrogens is 502 g/mol. The number of halogens is 6. The summed E-state index contributed by atoms with van der Waals surface area (Å²) in [5.41, 5.74) is -5.71. The minimum absolute atomic E-state index is 0.275. The molecule has 2 aromatic carbocycles. The molecule has 0 bridgehead atoms. The maximum atomic E-state index is 13.9. The summed E-state index contributed by atoms with van der Waals surface area (Å²) in [7, 11) is 0. The predicted molar refractivity (Wildman–Crippen MR) is 96.8 cm³/mol. The number of benzene rings is 2. The number of hydrogen-bond acceptors (Lipinski definition) is 6. The molecule has 0 heterocycles. The van der Waals surface area contributed by atoms with E-state index in [1.54, 1.807) is 0 Å². The molecule has 0 aromatic heterocycles. The van der Waals surface area contributed by atoms with Crippen molar-refractivity contribution < 1.29 is 75.4 Å². The number of carbonyl (C=O) groups is 4. The number of carboxylic acid groups (broad SMARTS) is 4. The molecule has 2 aromatic rings. The van der Waals surface area contributed by atoms with Gasteiger partial charge in [0.15, 0.2) is 0 Å². The third kappa shape index (κ3) is 4.90. The Kier molecular flexibility index (Phi) is 6.90. The van der Waals surface area contributed by atoms with E-state index in [9.17, 15) is 55.7 Å². The standard InChI is InChI=1S/C19H10F6O10/c20-18(21,22)17(19(23,24)25,34-9-5-1-3-7(13(26)27)11(9)15(30)31)35-10-6-2-4-8(14(28)29)12(10)16(32)33/h1-6H,(H,26,27)(H,28,29)(H,30,31)(H,32,33). The normalized spacial score (nSPS) is 12.1. The first kappa shape index (κ1) is 26.7. The highest BCUT2D eigenvalue weighted by Gasteiger charge is 2.78. The maximum absolute atomic E-state index is 13.9. The van der Waals surface area contributed by atoms with E-state index in [2.05, 4.69) is 9.47 Å². The highest BCUT2D eigenvalue weighted by atomic mass is 19.4. The quantitative estimate of drug-likeness (QED) is 0.302. The summed E-state index contributed by atoms with van der Waals surface area (Å²) in [6.45, 7) is 0. The number of hydrogen-bond donors (Lipinski definition) is 4. The van der Waals surface area contributed by atoms with E-state index >= 15 is 0 Å². The van der Waals surface area contributed by atoms with Gasteiger partial charge in [0.25, 0.3) is 0 Å². The first-order valence-electron chi connectivity index (χ1n) is 8.65. The molecule has 0 aliphatic rings. The van der Waals surface area contributed by atoms with Gasteiger partial charge in [0.05, 0.1) is 11.1 Å². The zero-order chi connectivity index (χ0) is 26.9. The molecule has 0 saturated heterocycles. The topological polar surface area (TPSA) is 168 Å². The summed E-state index contributed by atoms with van der Waals surface area (Å²) in [5.74, 6) is -18.0. The third-order valence-electron chi connectivity index (χ3n) is 4.19. The Hall–Kier alpha value is -4.50. The van der Waals surface area contributed by atoms with Crippen LogP contribution in [-0.2, 0) is 0 Å². The Balaban J connectivity index is 2.90. The van der Waals surface area contributed by atoms with E-state index in [0.29, 0.717) is 24.3 Å². The summed E-state index contributed by atoms with van der Waals surface area (Å²) in [6.07, 6.45) is -13.2. The minimum Gasteiger partial charge on any atom is -0.478 e. The van der Waals surface area contributed by atoms with E-state index < -0.39 is 75.8 Å². The summed E-state index contributed by atoms with van der Waals surface area (Å²) >= 11 is 0. The van der Waals surface area contributed by atoms with Gasteiger partial charge in [-0.3, -0.25) is 0 Å². The van der Waals surface area contributed by atoms with Gasteiger partial charge in [0.2, 0.25) is 0 Å². The number of alkyl halides is 6. The molecule has 0 aliphatic carbocycles. The van der Waals surface area contributed by atoms with Crippen LogP contribution in [0.5, 0.6) is 11.5 Å². The molecule has 0 saturated carbocycles. The zero-order valence-electron chi connectivity index (χ0n) is 16.5. The fourth-order valence-corrected chi connectivity index (χ4v) is 2.75. The molecule has 188 valence electrons. The molecule has 35 heavy (non-hydrogen) atoms. The fourth-order valence-electron chi connectivity index (χ4n) is 2.75. The van der Waals surface area contributed by atoms with Crippen molar-refractivity contribution in [3.8, 4) is 11.5 Å². The van der Waals surface area contributed by atoms with Crippen LogP contribution in [0.2, 0.25) is 0 Å². The number of ether oxygens (including phenoxy) is 2. The first-order valence-corrected chi connectivity index (χ1v) is 8.65. The lowest BCUT2D eigenvalue weighted by Gasteiger charge is -2.37. The van der Waals surface area contributed by atoms with Crippen LogP contribution >= 0.6 is 0 Å². The summed E-state index contributed by atoms with van der Waals surface area (Å²) < 4.78 is 91.6. The van der Waals surface area contributed by atoms with Crippen LogP contribution in [0.15, 0.2) is 36.4 Å². The van der Waals surface area contributed by atoms with Crippen molar-refractivity contribution >= 4 is 23.9 Å². The largest absolute Gasteiger partial charge is 0.478 e. The van der Waals surface area contributed by atoms with Gasteiger partial charge in [-0.15, -0.1) is 0 Å². The number of carboxylic acids is 4. The number of aromatic carboxylic acids is 4. The Morgan fingerprint density at radius 2 is 0.886 bits per heavy atom. The Labute approximate surface area is 188 Å². The molecule has 0 atom stereocenters. The SMILES string of the molecule is O=C(O)c1cccc(OC(Oc2cccc(C(=O)O)c2C(=O)O)(C(F)(F)F)C(F)(F)F)c1C(=O)O. The lowest BCUT2D eigenvalue weighted by atomic mass is 10.1. The average Bonchev–Trinajstić information content (AvgIpc) is 2.70. The van der Waals surface area contributed by atoms with Crippen molar-refractivity contribution in [1.82, 2.24) is 0 Å². The Bertz CT molecular complexity index is 1110. The molecule has 0 unspecified atom stereocenters. The lowest BCUT2D eigenvalue weighted by Crippen LogP contribution is -2.65. The second-order valence-corrected chi connectivity index (χ2v) is 6.39. The van der Waals surface area contributed by atoms with Gasteiger partial charge in [-0.2, -0.15) is 26.3 Å². The molecule has 16 heteroatoms. The van der Waals surface area contributed by atoms with Crippen molar-refractivity contribution in [3.63, 3.8) is 0 Å². The molecule has 0 radical (unpaired) electrons. The van der Waals surface area contributed by atoms with Crippen LogP contribution in [0.25, 0.3) is 0 Å². The highest BCUT2D eigenvalue weighted by molar-refractivity contribution is 6.04. The second-order valence-electron chi connectivity index (χ2n) is 6.39. The van der Waals surface area contributed by atoms with Gasteiger partial charge in [0, 0.05) is 0 Å². The van der Waals surface area contributed by atoms with Crippen LogP contribution in [0.1, 0.15) is 41.4 Å². The van der Waals surface area contributed by atoms with E-state index in [1.807, 2.05) is 0 Å². The van der Waals surface area contributed by atoms with Gasteiger partial charge < -0.3 is 29.9 Å². The van der Waals surface area contributed by atoms with Crippen molar-refractivity contribution in [3.05, 3.63) is 58.7 Å². The third-order valence-corrected chi connectivity index (χ3v) is 4.19. The fraction of sp³-hybridized carbons (Fsp3) is 0.158. The molecule has 2 rings (SSSR count). The van der Waals surface area contributed by atoms with Crippen LogP contribution in [-0.4, -0.2) is 62.4 Å². The van der Waals surface area contributed by atoms with Crippen LogP contribution in [0.3, 0.4) is 0 Å². The zero-order valence-corrected chi connectivity index (χ0v) is 16.5. The molecule has 10 nitrogen and oxygen atoms in total. The van der Waals surface area contributed by atoms with E-state index in [4.69, 9.17) is 10.2 Å². The molecule has 0 spiro atoms. The number of rotatable bonds is 8. The summed E-state index contributed by atoms with van der Waals surface area (Å²) in [4.78, 5) is 45.4. The monoisotopic (exact) mass is 512 g/mol. The predicted octanol–water partition coefficient (Wildman–Crippen LogP) is 3.76. The molecule has 0 fully saturated rings. The molecule has 4 N–H and O–H groups in total. The van der Waals surface area contributed by atoms with Crippen LogP contribution in [0, 0.1) is 0 Å². The summed E-state index contributed by atoms with van der Waals surface area (Å²) in [6, 6.07) is 2.82. The minimum atomic E-state index is -6.62. The van der Waals surface area contributed by atoms with Gasteiger partial charge in [-0.25, -0.2) is 19.2 Å². The highest BCUT2D eigenvalue weighted by Crippen LogP contribution is 2.48. The molecule has 0 aliphatic heterocycles. The van der Waals surface area contributed by atoms with Gasteiger partial charge in [-0.05, 0) is 24.3 Å². The van der Waals surface area contributed by atoms with Gasteiger partial charge in [-0.1, -0.05) is 12.1 Å². The van der Waals surface area contributed by atoms with Crippen LogP contribution < -0.4 is 9.47 Å². The Morgan fingerprint density at radius 3 is 1.11 bits per heavy atom. The average molecular weight is 512 g/mol. The second kappa shape index (κ2) is 9.03. The van der Waals surface area contributed by atoms with Crippen molar-refractivity contribution in [2.45, 2.75) is 18.1 Å². The van der Waals surface area contributed by atoms with Crippen LogP contribution in [0.4, 0.5) is 26.3 Å². The van der Waals surface area contributed by atoms with Crippen molar-refractivity contribution in [2.24, 2.45) is 0 Å².